The highest BCUT2D eigenvalue weighted by molar-refractivity contribution is 6.04. The Balaban J connectivity index is 1.65. The minimum atomic E-state index is -0.804. The first-order chi connectivity index (χ1) is 10.1. The van der Waals surface area contributed by atoms with Crippen LogP contribution in [0.5, 0.6) is 0 Å². The van der Waals surface area contributed by atoms with Crippen LogP contribution in [0, 0.1) is 0 Å². The third kappa shape index (κ3) is 3.18. The lowest BCUT2D eigenvalue weighted by atomic mass is 10.1. The number of nitrogens with one attached hydrogen (secondary N) is 1. The number of piperazine rings is 1. The summed E-state index contributed by atoms with van der Waals surface area (Å²) in [5.41, 5.74) is 14.3. The number of hydrogen-bond donors (Lipinski definition) is 3. The summed E-state index contributed by atoms with van der Waals surface area (Å²) < 4.78 is 0. The van der Waals surface area contributed by atoms with Gasteiger partial charge in [-0.05, 0) is 19.2 Å². The zero-order valence-corrected chi connectivity index (χ0v) is 12.5. The molecule has 5 N–H and O–H groups in total. The molecule has 0 amide bonds. The van der Waals surface area contributed by atoms with E-state index in [0.717, 1.165) is 50.4 Å². The van der Waals surface area contributed by atoms with Crippen LogP contribution in [-0.2, 0) is 0 Å². The summed E-state index contributed by atoms with van der Waals surface area (Å²) in [6, 6.07) is 7.89. The van der Waals surface area contributed by atoms with E-state index in [0.29, 0.717) is 5.84 Å². The van der Waals surface area contributed by atoms with Gasteiger partial charge in [0.1, 0.15) is 5.84 Å². The van der Waals surface area contributed by atoms with Gasteiger partial charge in [-0.1, -0.05) is 12.1 Å². The van der Waals surface area contributed by atoms with Crippen LogP contribution in [0.25, 0.3) is 0 Å². The summed E-state index contributed by atoms with van der Waals surface area (Å²) >= 11 is 0. The van der Waals surface area contributed by atoms with E-state index in [9.17, 15) is 0 Å². The lowest BCUT2D eigenvalue weighted by molar-refractivity contribution is 0.146. The highest BCUT2D eigenvalue weighted by Gasteiger charge is 2.30. The van der Waals surface area contributed by atoms with Crippen LogP contribution in [0.3, 0.4) is 0 Å². The third-order valence-corrected chi connectivity index (χ3v) is 4.28. The Morgan fingerprint density at radius 3 is 2.71 bits per heavy atom. The second-order valence-corrected chi connectivity index (χ2v) is 5.99. The van der Waals surface area contributed by atoms with Gasteiger partial charge >= 0.3 is 0 Å². The molecule has 2 heterocycles. The fourth-order valence-electron chi connectivity index (χ4n) is 2.87. The van der Waals surface area contributed by atoms with Gasteiger partial charge < -0.3 is 20.9 Å². The maximum atomic E-state index is 6.39. The lowest BCUT2D eigenvalue weighted by Gasteiger charge is -2.37. The predicted octanol–water partition coefficient (Wildman–Crippen LogP) is 0.0674. The fourth-order valence-corrected chi connectivity index (χ4v) is 2.87. The normalized spacial score (nSPS) is 26.9. The molecule has 21 heavy (non-hydrogen) atoms. The average Bonchev–Trinajstić information content (AvgIpc) is 2.47. The van der Waals surface area contributed by atoms with E-state index in [1.807, 2.05) is 24.3 Å². The van der Waals surface area contributed by atoms with Crippen molar-refractivity contribution in [3.63, 3.8) is 0 Å². The molecule has 0 saturated carbocycles. The number of para-hydroxylation sites is 1. The molecule has 6 heteroatoms. The van der Waals surface area contributed by atoms with Crippen LogP contribution in [0.1, 0.15) is 12.0 Å². The lowest BCUT2D eigenvalue weighted by Crippen LogP contribution is -2.53. The van der Waals surface area contributed by atoms with Crippen LogP contribution in [0.2, 0.25) is 0 Å². The molecule has 0 radical (unpaired) electrons. The molecule has 1 fully saturated rings. The van der Waals surface area contributed by atoms with Gasteiger partial charge in [-0.15, -0.1) is 0 Å². The number of fused-ring (bicyclic) bond motifs is 1. The Bertz CT molecular complexity index is 535. The smallest absolute Gasteiger partial charge is 0.185 e. The molecule has 1 atom stereocenters. The minimum Gasteiger partial charge on any atom is -0.383 e. The van der Waals surface area contributed by atoms with Crippen molar-refractivity contribution in [2.45, 2.75) is 12.2 Å². The van der Waals surface area contributed by atoms with Crippen LogP contribution in [0.4, 0.5) is 5.69 Å². The molecule has 1 aromatic carbocycles. The largest absolute Gasteiger partial charge is 0.383 e. The quantitative estimate of drug-likeness (QED) is 0.733. The SMILES string of the molecule is CN1CCN(CCC2(N)N=C(N)c3ccccc3N2)CC1. The Labute approximate surface area is 125 Å². The van der Waals surface area contributed by atoms with E-state index in [4.69, 9.17) is 11.5 Å². The molecule has 1 saturated heterocycles. The molecule has 2 aliphatic rings. The van der Waals surface area contributed by atoms with Crippen molar-refractivity contribution < 1.29 is 0 Å². The predicted molar refractivity (Wildman–Crippen MR) is 86.3 cm³/mol. The number of rotatable bonds is 3. The molecule has 6 nitrogen and oxygen atoms in total. The van der Waals surface area contributed by atoms with Gasteiger partial charge in [0.05, 0.1) is 0 Å². The Morgan fingerprint density at radius 1 is 1.24 bits per heavy atom. The average molecular weight is 288 g/mol. The number of amidine groups is 1. The van der Waals surface area contributed by atoms with Crippen molar-refractivity contribution in [3.8, 4) is 0 Å². The molecule has 0 bridgehead atoms. The zero-order valence-electron chi connectivity index (χ0n) is 12.5. The van der Waals surface area contributed by atoms with Crippen molar-refractivity contribution in [3.05, 3.63) is 29.8 Å². The number of benzene rings is 1. The molecule has 0 aromatic heterocycles. The van der Waals surface area contributed by atoms with E-state index >= 15 is 0 Å². The Kier molecular flexibility index (Phi) is 3.84. The third-order valence-electron chi connectivity index (χ3n) is 4.28. The van der Waals surface area contributed by atoms with Crippen LogP contribution >= 0.6 is 0 Å². The number of anilines is 1. The molecule has 3 rings (SSSR count). The molecule has 2 aliphatic heterocycles. The molecular weight excluding hydrogens is 264 g/mol. The van der Waals surface area contributed by atoms with E-state index in [-0.39, 0.29) is 0 Å². The maximum absolute atomic E-state index is 6.39. The highest BCUT2D eigenvalue weighted by atomic mass is 15.3. The molecule has 1 aromatic rings. The van der Waals surface area contributed by atoms with Crippen LogP contribution < -0.4 is 16.8 Å². The summed E-state index contributed by atoms with van der Waals surface area (Å²) in [6.45, 7) is 5.32. The summed E-state index contributed by atoms with van der Waals surface area (Å²) in [5, 5.41) is 3.33. The van der Waals surface area contributed by atoms with Gasteiger partial charge in [0.15, 0.2) is 5.79 Å². The van der Waals surface area contributed by atoms with Gasteiger partial charge in [-0.3, -0.25) is 5.73 Å². The van der Waals surface area contributed by atoms with E-state index < -0.39 is 5.79 Å². The van der Waals surface area contributed by atoms with Gasteiger partial charge in [0.2, 0.25) is 0 Å². The topological polar surface area (TPSA) is 82.9 Å². The van der Waals surface area contributed by atoms with Crippen molar-refractivity contribution in [2.75, 3.05) is 45.1 Å². The van der Waals surface area contributed by atoms with E-state index in [1.165, 1.54) is 0 Å². The maximum Gasteiger partial charge on any atom is 0.185 e. The summed E-state index contributed by atoms with van der Waals surface area (Å²) in [5.74, 6) is -0.285. The standard InChI is InChI=1S/C15H24N6/c1-20-8-10-21(11-9-20)7-6-15(17)18-13-5-3-2-4-12(13)14(16)19-15/h2-5,18H,6-11,17H2,1H3,(H2,16,19). The molecule has 1 unspecified atom stereocenters. The number of hydrogen-bond acceptors (Lipinski definition) is 6. The number of nitrogens with zero attached hydrogens (tertiary/aromatic N) is 3. The Hall–Kier alpha value is -1.63. The van der Waals surface area contributed by atoms with Gasteiger partial charge in [-0.2, -0.15) is 0 Å². The van der Waals surface area contributed by atoms with E-state index in [2.05, 4.69) is 27.2 Å². The number of aliphatic imine (C=N–C) groups is 1. The first-order valence-corrected chi connectivity index (χ1v) is 7.48. The monoisotopic (exact) mass is 288 g/mol. The Morgan fingerprint density at radius 2 is 1.95 bits per heavy atom. The van der Waals surface area contributed by atoms with Crippen molar-refractivity contribution in [1.29, 1.82) is 0 Å². The molecule has 0 spiro atoms. The second kappa shape index (κ2) is 5.63. The molecule has 0 aliphatic carbocycles. The van der Waals surface area contributed by atoms with Crippen LogP contribution in [0.15, 0.2) is 29.3 Å². The first-order valence-electron chi connectivity index (χ1n) is 7.48. The van der Waals surface area contributed by atoms with Crippen molar-refractivity contribution in [1.82, 2.24) is 9.80 Å². The second-order valence-electron chi connectivity index (χ2n) is 5.99. The van der Waals surface area contributed by atoms with Crippen LogP contribution in [-0.4, -0.2) is 61.2 Å². The first kappa shape index (κ1) is 14.3. The fraction of sp³-hybridized carbons (Fsp3) is 0.533. The highest BCUT2D eigenvalue weighted by Crippen LogP contribution is 2.25. The summed E-state index contributed by atoms with van der Waals surface area (Å²) in [4.78, 5) is 9.26. The van der Waals surface area contributed by atoms with Gasteiger partial charge in [0, 0.05) is 50.4 Å². The summed E-state index contributed by atoms with van der Waals surface area (Å²) in [7, 11) is 2.16. The number of likely N-dealkylation sites (N-methyl/N-ethyl adjacent to an activating group) is 1. The van der Waals surface area contributed by atoms with Crippen molar-refractivity contribution >= 4 is 11.5 Å². The zero-order chi connectivity index (χ0) is 14.9. The van der Waals surface area contributed by atoms with E-state index in [1.54, 1.807) is 0 Å². The number of nitrogens with two attached hydrogens (primary N) is 2. The van der Waals surface area contributed by atoms with Gasteiger partial charge in [-0.25, -0.2) is 4.99 Å². The molecule has 114 valence electrons. The minimum absolute atomic E-state index is 0.519. The summed E-state index contributed by atoms with van der Waals surface area (Å²) in [6.07, 6.45) is 0.742. The van der Waals surface area contributed by atoms with Gasteiger partial charge in [0.25, 0.3) is 0 Å². The molecular formula is C15H24N6. The van der Waals surface area contributed by atoms with Crippen molar-refractivity contribution in [2.24, 2.45) is 16.5 Å².